The topological polar surface area (TPSA) is 103 Å². The lowest BCUT2D eigenvalue weighted by atomic mass is 10.2. The van der Waals surface area contributed by atoms with E-state index in [2.05, 4.69) is 5.32 Å². The molecule has 29 heavy (non-hydrogen) atoms. The maximum Gasteiger partial charge on any atom is 0.331 e. The molecule has 0 radical (unpaired) electrons. The molecule has 0 aromatic heterocycles. The summed E-state index contributed by atoms with van der Waals surface area (Å²) in [7, 11) is 2.99. The number of carbonyl (C=O) groups is 3. The van der Waals surface area contributed by atoms with Crippen molar-refractivity contribution in [1.29, 1.82) is 0 Å². The molecule has 0 aliphatic heterocycles. The standard InChI is InChI=1S/C20H19FN2O6/c1-27-14-9-13(10-15(11-14)28-2)7-8-19(25)29-12-18(24)23-20(26)22-17-6-4-3-5-16(17)21/h3-11H,12H2,1-2H3,(H2,22,23,24,26)/b8-7+. The summed E-state index contributed by atoms with van der Waals surface area (Å²) in [5, 5.41) is 4.10. The van der Waals surface area contributed by atoms with Gasteiger partial charge in [0.2, 0.25) is 0 Å². The van der Waals surface area contributed by atoms with Crippen LogP contribution in [-0.4, -0.2) is 38.7 Å². The van der Waals surface area contributed by atoms with E-state index in [1.807, 2.05) is 5.32 Å². The summed E-state index contributed by atoms with van der Waals surface area (Å²) < 4.78 is 28.5. The molecule has 0 heterocycles. The molecule has 0 fully saturated rings. The number of rotatable bonds is 7. The lowest BCUT2D eigenvalue weighted by molar-refractivity contribution is -0.143. The molecule has 2 N–H and O–H groups in total. The number of nitrogens with one attached hydrogen (secondary N) is 2. The molecule has 0 aliphatic rings. The van der Waals surface area contributed by atoms with Gasteiger partial charge < -0.3 is 19.5 Å². The van der Waals surface area contributed by atoms with Gasteiger partial charge in [-0.3, -0.25) is 10.1 Å². The average molecular weight is 402 g/mol. The first-order chi connectivity index (χ1) is 13.9. The minimum absolute atomic E-state index is 0.0913. The minimum Gasteiger partial charge on any atom is -0.497 e. The van der Waals surface area contributed by atoms with E-state index in [1.54, 1.807) is 18.2 Å². The first-order valence-corrected chi connectivity index (χ1v) is 8.34. The van der Waals surface area contributed by atoms with Crippen molar-refractivity contribution >= 4 is 29.7 Å². The molecule has 0 spiro atoms. The second-order valence-corrected chi connectivity index (χ2v) is 5.57. The Hall–Kier alpha value is -3.88. The zero-order chi connectivity index (χ0) is 21.2. The molecule has 0 saturated carbocycles. The molecular formula is C20H19FN2O6. The fraction of sp³-hybridized carbons (Fsp3) is 0.150. The van der Waals surface area contributed by atoms with Crippen molar-refractivity contribution in [2.45, 2.75) is 0 Å². The molecule has 2 aromatic rings. The van der Waals surface area contributed by atoms with Gasteiger partial charge in [0.25, 0.3) is 5.91 Å². The van der Waals surface area contributed by atoms with Crippen LogP contribution in [0.3, 0.4) is 0 Å². The van der Waals surface area contributed by atoms with Crippen LogP contribution >= 0.6 is 0 Å². The third-order valence-corrected chi connectivity index (χ3v) is 3.51. The van der Waals surface area contributed by atoms with Crippen molar-refractivity contribution in [3.63, 3.8) is 0 Å². The number of esters is 1. The van der Waals surface area contributed by atoms with E-state index in [9.17, 15) is 18.8 Å². The second-order valence-electron chi connectivity index (χ2n) is 5.57. The zero-order valence-corrected chi connectivity index (χ0v) is 15.7. The van der Waals surface area contributed by atoms with Crippen molar-refractivity contribution in [3.05, 3.63) is 59.9 Å². The highest BCUT2D eigenvalue weighted by Gasteiger charge is 2.11. The van der Waals surface area contributed by atoms with Gasteiger partial charge in [-0.15, -0.1) is 0 Å². The molecule has 9 heteroatoms. The normalized spacial score (nSPS) is 10.3. The summed E-state index contributed by atoms with van der Waals surface area (Å²) in [6, 6.07) is 9.53. The molecule has 3 amide bonds. The molecule has 8 nitrogen and oxygen atoms in total. The maximum atomic E-state index is 13.4. The number of para-hydroxylation sites is 1. The number of benzene rings is 2. The molecule has 0 unspecified atom stereocenters. The molecule has 0 aliphatic carbocycles. The lowest BCUT2D eigenvalue weighted by Gasteiger charge is -2.07. The lowest BCUT2D eigenvalue weighted by Crippen LogP contribution is -2.37. The van der Waals surface area contributed by atoms with Crippen LogP contribution in [0.25, 0.3) is 6.08 Å². The average Bonchev–Trinajstić information content (AvgIpc) is 2.72. The van der Waals surface area contributed by atoms with E-state index >= 15 is 0 Å². The summed E-state index contributed by atoms with van der Waals surface area (Å²) in [6.07, 6.45) is 2.57. The van der Waals surface area contributed by atoms with E-state index in [1.165, 1.54) is 38.5 Å². The Morgan fingerprint density at radius 3 is 2.31 bits per heavy atom. The Morgan fingerprint density at radius 1 is 1.03 bits per heavy atom. The number of halogens is 1. The summed E-state index contributed by atoms with van der Waals surface area (Å²) in [6.45, 7) is -0.685. The van der Waals surface area contributed by atoms with E-state index < -0.39 is 30.3 Å². The van der Waals surface area contributed by atoms with Gasteiger partial charge in [-0.2, -0.15) is 0 Å². The number of amides is 3. The molecule has 0 atom stereocenters. The third-order valence-electron chi connectivity index (χ3n) is 3.51. The quantitative estimate of drug-likeness (QED) is 0.545. The Balaban J connectivity index is 1.82. The van der Waals surface area contributed by atoms with Gasteiger partial charge in [0.1, 0.15) is 17.3 Å². The number of carbonyl (C=O) groups excluding carboxylic acids is 3. The maximum absolute atomic E-state index is 13.4. The van der Waals surface area contributed by atoms with Gasteiger partial charge in [-0.25, -0.2) is 14.0 Å². The smallest absolute Gasteiger partial charge is 0.331 e. The highest BCUT2D eigenvalue weighted by molar-refractivity contribution is 6.02. The largest absolute Gasteiger partial charge is 0.497 e. The first kappa shape index (κ1) is 21.4. The Morgan fingerprint density at radius 2 is 1.69 bits per heavy atom. The van der Waals surface area contributed by atoms with E-state index in [4.69, 9.17) is 14.2 Å². The van der Waals surface area contributed by atoms with Crippen LogP contribution < -0.4 is 20.1 Å². The van der Waals surface area contributed by atoms with Gasteiger partial charge in [-0.05, 0) is 35.9 Å². The van der Waals surface area contributed by atoms with Gasteiger partial charge in [-0.1, -0.05) is 12.1 Å². The van der Waals surface area contributed by atoms with Crippen molar-refractivity contribution in [1.82, 2.24) is 5.32 Å². The number of urea groups is 1. The fourth-order valence-corrected chi connectivity index (χ4v) is 2.15. The van der Waals surface area contributed by atoms with Crippen LogP contribution in [0.1, 0.15) is 5.56 Å². The predicted octanol–water partition coefficient (Wildman–Crippen LogP) is 2.75. The number of methoxy groups -OCH3 is 2. The monoisotopic (exact) mass is 402 g/mol. The van der Waals surface area contributed by atoms with Crippen LogP contribution in [0.15, 0.2) is 48.5 Å². The van der Waals surface area contributed by atoms with E-state index in [-0.39, 0.29) is 5.69 Å². The van der Waals surface area contributed by atoms with Crippen LogP contribution in [0.4, 0.5) is 14.9 Å². The highest BCUT2D eigenvalue weighted by Crippen LogP contribution is 2.23. The second kappa shape index (κ2) is 10.5. The molecule has 2 aromatic carbocycles. The van der Waals surface area contributed by atoms with Crippen LogP contribution in [0, 0.1) is 5.82 Å². The van der Waals surface area contributed by atoms with Crippen LogP contribution in [-0.2, 0) is 14.3 Å². The molecule has 0 bridgehead atoms. The number of ether oxygens (including phenoxy) is 3. The van der Waals surface area contributed by atoms with E-state index in [0.29, 0.717) is 17.1 Å². The van der Waals surface area contributed by atoms with Gasteiger partial charge in [0.05, 0.1) is 19.9 Å². The minimum atomic E-state index is -0.949. The molecular weight excluding hydrogens is 383 g/mol. The third kappa shape index (κ3) is 6.98. The predicted molar refractivity (Wildman–Crippen MR) is 103 cm³/mol. The molecule has 0 saturated heterocycles. The number of hydrogen-bond donors (Lipinski definition) is 2. The summed E-state index contributed by atoms with van der Waals surface area (Å²) in [4.78, 5) is 35.1. The van der Waals surface area contributed by atoms with Crippen molar-refractivity contribution in [2.24, 2.45) is 0 Å². The molecule has 2 rings (SSSR count). The van der Waals surface area contributed by atoms with Gasteiger partial charge >= 0.3 is 12.0 Å². The Kier molecular flexibility index (Phi) is 7.72. The SMILES string of the molecule is COc1cc(/C=C/C(=O)OCC(=O)NC(=O)Nc2ccccc2F)cc(OC)c1. The summed E-state index contributed by atoms with van der Waals surface area (Å²) in [5.41, 5.74) is 0.526. The van der Waals surface area contributed by atoms with Crippen molar-refractivity contribution < 1.29 is 33.0 Å². The molecule has 152 valence electrons. The van der Waals surface area contributed by atoms with Crippen molar-refractivity contribution in [2.75, 3.05) is 26.1 Å². The van der Waals surface area contributed by atoms with Crippen LogP contribution in [0.5, 0.6) is 11.5 Å². The number of imide groups is 1. The highest BCUT2D eigenvalue weighted by atomic mass is 19.1. The first-order valence-electron chi connectivity index (χ1n) is 8.34. The summed E-state index contributed by atoms with van der Waals surface area (Å²) in [5.74, 6) is -1.24. The zero-order valence-electron chi connectivity index (χ0n) is 15.7. The van der Waals surface area contributed by atoms with Gasteiger partial charge in [0, 0.05) is 12.1 Å². The van der Waals surface area contributed by atoms with Crippen molar-refractivity contribution in [3.8, 4) is 11.5 Å². The van der Waals surface area contributed by atoms with Gasteiger partial charge in [0.15, 0.2) is 6.61 Å². The Bertz CT molecular complexity index is 907. The summed E-state index contributed by atoms with van der Waals surface area (Å²) >= 11 is 0. The number of hydrogen-bond acceptors (Lipinski definition) is 6. The Labute approximate surface area is 166 Å². The van der Waals surface area contributed by atoms with E-state index in [0.717, 1.165) is 12.1 Å². The number of anilines is 1. The van der Waals surface area contributed by atoms with Crippen LogP contribution in [0.2, 0.25) is 0 Å². The fourth-order valence-electron chi connectivity index (χ4n) is 2.15.